The van der Waals surface area contributed by atoms with E-state index >= 15 is 0 Å². The number of hydrogen-bond donors (Lipinski definition) is 2. The molecular formula is C15H26N2O4. The van der Waals surface area contributed by atoms with Gasteiger partial charge in [0.1, 0.15) is 6.04 Å². The van der Waals surface area contributed by atoms with Crippen LogP contribution in [-0.4, -0.2) is 53.8 Å². The Morgan fingerprint density at radius 3 is 2.52 bits per heavy atom. The third-order valence-corrected chi connectivity index (χ3v) is 4.33. The summed E-state index contributed by atoms with van der Waals surface area (Å²) in [6.45, 7) is 1.46. The Labute approximate surface area is 125 Å². The van der Waals surface area contributed by atoms with E-state index in [0.29, 0.717) is 32.2 Å². The average Bonchev–Trinajstić information content (AvgIpc) is 2.84. The third-order valence-electron chi connectivity index (χ3n) is 4.33. The Balaban J connectivity index is 1.73. The lowest BCUT2D eigenvalue weighted by Gasteiger charge is -2.27. The van der Waals surface area contributed by atoms with Crippen LogP contribution in [0.5, 0.6) is 0 Å². The number of carbonyl (C=O) groups is 2. The summed E-state index contributed by atoms with van der Waals surface area (Å²) in [5.74, 6) is -0.908. The number of amides is 2. The standard InChI is InChI=1S/C15H26N2O4/c18-14(19)13-8-2-1-5-10-17(13)15(20)16-9-11-21-12-6-3-4-7-12/h12-13H,1-11H2,(H,16,20)(H,18,19). The highest BCUT2D eigenvalue weighted by molar-refractivity contribution is 5.82. The summed E-state index contributed by atoms with van der Waals surface area (Å²) >= 11 is 0. The maximum atomic E-state index is 12.2. The van der Waals surface area contributed by atoms with Crippen LogP contribution in [0.2, 0.25) is 0 Å². The van der Waals surface area contributed by atoms with Crippen molar-refractivity contribution in [3.63, 3.8) is 0 Å². The first-order chi connectivity index (χ1) is 10.2. The highest BCUT2D eigenvalue weighted by Gasteiger charge is 2.30. The fourth-order valence-corrected chi connectivity index (χ4v) is 3.15. The van der Waals surface area contributed by atoms with Crippen LogP contribution in [0.4, 0.5) is 4.79 Å². The van der Waals surface area contributed by atoms with Crippen molar-refractivity contribution < 1.29 is 19.4 Å². The number of nitrogens with zero attached hydrogens (tertiary/aromatic N) is 1. The van der Waals surface area contributed by atoms with Crippen molar-refractivity contribution in [2.24, 2.45) is 0 Å². The minimum absolute atomic E-state index is 0.278. The Morgan fingerprint density at radius 1 is 1.10 bits per heavy atom. The van der Waals surface area contributed by atoms with Crippen LogP contribution in [-0.2, 0) is 9.53 Å². The zero-order valence-corrected chi connectivity index (χ0v) is 12.6. The lowest BCUT2D eigenvalue weighted by atomic mass is 10.1. The summed E-state index contributed by atoms with van der Waals surface area (Å²) in [5.41, 5.74) is 0. The van der Waals surface area contributed by atoms with Crippen LogP contribution in [0, 0.1) is 0 Å². The van der Waals surface area contributed by atoms with Gasteiger partial charge in [-0.3, -0.25) is 0 Å². The number of likely N-dealkylation sites (tertiary alicyclic amines) is 1. The van der Waals surface area contributed by atoms with Crippen LogP contribution in [0.1, 0.15) is 51.4 Å². The third kappa shape index (κ3) is 4.88. The molecule has 0 radical (unpaired) electrons. The van der Waals surface area contributed by atoms with E-state index in [-0.39, 0.29) is 6.03 Å². The van der Waals surface area contributed by atoms with E-state index in [1.807, 2.05) is 0 Å². The Kier molecular flexibility index (Phi) is 6.29. The molecule has 2 rings (SSSR count). The fourth-order valence-electron chi connectivity index (χ4n) is 3.15. The molecule has 0 bridgehead atoms. The second-order valence-corrected chi connectivity index (χ2v) is 5.91. The van der Waals surface area contributed by atoms with Crippen molar-refractivity contribution in [1.82, 2.24) is 10.2 Å². The minimum Gasteiger partial charge on any atom is -0.480 e. The van der Waals surface area contributed by atoms with Gasteiger partial charge in [0.15, 0.2) is 0 Å². The van der Waals surface area contributed by atoms with E-state index in [4.69, 9.17) is 4.74 Å². The number of urea groups is 1. The molecule has 1 aliphatic heterocycles. The maximum Gasteiger partial charge on any atom is 0.326 e. The highest BCUT2D eigenvalue weighted by atomic mass is 16.5. The molecule has 0 aromatic carbocycles. The first kappa shape index (κ1) is 16.1. The SMILES string of the molecule is O=C(O)C1CCCCCN1C(=O)NCCOC1CCCC1. The Bertz CT molecular complexity index is 356. The highest BCUT2D eigenvalue weighted by Crippen LogP contribution is 2.20. The van der Waals surface area contributed by atoms with E-state index in [9.17, 15) is 14.7 Å². The van der Waals surface area contributed by atoms with Crippen molar-refractivity contribution >= 4 is 12.0 Å². The molecule has 2 aliphatic rings. The molecule has 1 unspecified atom stereocenters. The number of rotatable bonds is 5. The van der Waals surface area contributed by atoms with Crippen molar-refractivity contribution in [2.45, 2.75) is 63.5 Å². The van der Waals surface area contributed by atoms with Crippen molar-refractivity contribution in [3.8, 4) is 0 Å². The molecule has 0 aromatic heterocycles. The maximum absolute atomic E-state index is 12.2. The van der Waals surface area contributed by atoms with Gasteiger partial charge in [0.25, 0.3) is 0 Å². The fraction of sp³-hybridized carbons (Fsp3) is 0.867. The molecule has 1 aliphatic carbocycles. The number of carboxylic acid groups (broad SMARTS) is 1. The van der Waals surface area contributed by atoms with Gasteiger partial charge in [-0.2, -0.15) is 0 Å². The summed E-state index contributed by atoms with van der Waals surface area (Å²) in [4.78, 5) is 24.9. The average molecular weight is 298 g/mol. The Hall–Kier alpha value is -1.30. The number of carbonyl (C=O) groups excluding carboxylic acids is 1. The van der Waals surface area contributed by atoms with E-state index in [2.05, 4.69) is 5.32 Å². The molecule has 2 fully saturated rings. The molecule has 6 nitrogen and oxygen atoms in total. The molecule has 120 valence electrons. The van der Waals surface area contributed by atoms with Crippen LogP contribution in [0.25, 0.3) is 0 Å². The number of ether oxygens (including phenoxy) is 1. The molecule has 1 saturated heterocycles. The molecule has 0 aromatic rings. The molecule has 1 saturated carbocycles. The van der Waals surface area contributed by atoms with Gasteiger partial charge in [-0.05, 0) is 25.7 Å². The lowest BCUT2D eigenvalue weighted by Crippen LogP contribution is -2.49. The summed E-state index contributed by atoms with van der Waals surface area (Å²) < 4.78 is 5.69. The quantitative estimate of drug-likeness (QED) is 0.761. The predicted molar refractivity (Wildman–Crippen MR) is 78.2 cm³/mol. The monoisotopic (exact) mass is 298 g/mol. The van der Waals surface area contributed by atoms with Crippen molar-refractivity contribution in [1.29, 1.82) is 0 Å². The largest absolute Gasteiger partial charge is 0.480 e. The second-order valence-electron chi connectivity index (χ2n) is 5.91. The van der Waals surface area contributed by atoms with Gasteiger partial charge in [0, 0.05) is 13.1 Å². The van der Waals surface area contributed by atoms with Gasteiger partial charge in [-0.25, -0.2) is 9.59 Å². The van der Waals surface area contributed by atoms with Crippen LogP contribution >= 0.6 is 0 Å². The number of aliphatic carboxylic acids is 1. The van der Waals surface area contributed by atoms with Gasteiger partial charge in [0.2, 0.25) is 0 Å². The summed E-state index contributed by atoms with van der Waals surface area (Å²) in [6.07, 6.45) is 8.28. The van der Waals surface area contributed by atoms with Crippen LogP contribution in [0.15, 0.2) is 0 Å². The van der Waals surface area contributed by atoms with Gasteiger partial charge in [-0.1, -0.05) is 25.7 Å². The van der Waals surface area contributed by atoms with Gasteiger partial charge >= 0.3 is 12.0 Å². The van der Waals surface area contributed by atoms with Crippen molar-refractivity contribution in [3.05, 3.63) is 0 Å². The molecular weight excluding hydrogens is 272 g/mol. The van der Waals surface area contributed by atoms with Crippen LogP contribution < -0.4 is 5.32 Å². The first-order valence-corrected chi connectivity index (χ1v) is 8.07. The molecule has 21 heavy (non-hydrogen) atoms. The Morgan fingerprint density at radius 2 is 1.81 bits per heavy atom. The topological polar surface area (TPSA) is 78.9 Å². The van der Waals surface area contributed by atoms with Gasteiger partial charge in [0.05, 0.1) is 12.7 Å². The van der Waals surface area contributed by atoms with E-state index in [1.165, 1.54) is 17.7 Å². The van der Waals surface area contributed by atoms with E-state index < -0.39 is 12.0 Å². The normalized spacial score (nSPS) is 23.8. The number of hydrogen-bond acceptors (Lipinski definition) is 3. The minimum atomic E-state index is -0.908. The molecule has 6 heteroatoms. The molecule has 2 amide bonds. The number of carboxylic acids is 1. The first-order valence-electron chi connectivity index (χ1n) is 8.07. The number of nitrogens with one attached hydrogen (secondary N) is 1. The molecule has 2 N–H and O–H groups in total. The van der Waals surface area contributed by atoms with Crippen molar-refractivity contribution in [2.75, 3.05) is 19.7 Å². The molecule has 1 heterocycles. The van der Waals surface area contributed by atoms with E-state index in [0.717, 1.165) is 32.1 Å². The van der Waals surface area contributed by atoms with E-state index in [1.54, 1.807) is 0 Å². The zero-order valence-electron chi connectivity index (χ0n) is 12.6. The predicted octanol–water partition coefficient (Wildman–Crippen LogP) is 1.98. The van der Waals surface area contributed by atoms with Crippen LogP contribution in [0.3, 0.4) is 0 Å². The summed E-state index contributed by atoms with van der Waals surface area (Å²) in [7, 11) is 0. The zero-order chi connectivity index (χ0) is 15.1. The smallest absolute Gasteiger partial charge is 0.326 e. The second kappa shape index (κ2) is 8.22. The molecule has 1 atom stereocenters. The summed E-state index contributed by atoms with van der Waals surface area (Å²) in [6, 6.07) is -0.970. The molecule has 0 spiro atoms. The lowest BCUT2D eigenvalue weighted by molar-refractivity contribution is -0.142. The van der Waals surface area contributed by atoms with Gasteiger partial charge in [-0.15, -0.1) is 0 Å². The van der Waals surface area contributed by atoms with Gasteiger partial charge < -0.3 is 20.1 Å². The summed E-state index contributed by atoms with van der Waals surface area (Å²) in [5, 5.41) is 12.0.